The van der Waals surface area contributed by atoms with Gasteiger partial charge in [0.2, 0.25) is 0 Å². The molecule has 0 bridgehead atoms. The molecule has 4 heavy (non-hydrogen) atoms. The van der Waals surface area contributed by atoms with Crippen molar-refractivity contribution in [3.63, 3.8) is 0 Å². The van der Waals surface area contributed by atoms with Gasteiger partial charge in [-0.05, 0) is 0 Å². The lowest BCUT2D eigenvalue weighted by Gasteiger charge is -1.24. The van der Waals surface area contributed by atoms with E-state index >= 15 is 0 Å². The second-order valence-electron chi connectivity index (χ2n) is 0.0816. The molecule has 0 aromatic carbocycles. The molecule has 0 amide bonds. The van der Waals surface area contributed by atoms with Crippen molar-refractivity contribution < 1.29 is 14.9 Å². The predicted molar refractivity (Wildman–Crippen MR) is 13.4 cm³/mol. The zero-order chi connectivity index (χ0) is 2.71. The molecule has 0 fully saturated rings. The lowest BCUT2D eigenvalue weighted by molar-refractivity contribution is 0.524. The molecule has 0 saturated heterocycles. The highest BCUT2D eigenvalue weighted by Gasteiger charge is 1.28. The molecule has 3 N–H and O–H groups in total. The molecule has 0 unspecified atom stereocenters. The van der Waals surface area contributed by atoms with Gasteiger partial charge in [-0.2, -0.15) is 0 Å². The predicted octanol–water partition coefficient (Wildman–Crippen LogP) is -0.639. The molecule has 0 atom stereocenters. The molecule has 0 aliphatic rings. The Kier molecular flexibility index (Phi) is 26.6. The van der Waals surface area contributed by atoms with Crippen LogP contribution in [0.2, 0.25) is 0 Å². The Balaban J connectivity index is 0. The highest BCUT2D eigenvalue weighted by atomic mass is 31.1. The third-order valence-electron chi connectivity index (χ3n) is 0. The Morgan fingerprint density at radius 2 is 1.75 bits per heavy atom. The first-order chi connectivity index (χ1) is 1.41. The molecule has 3 nitrogen and oxygen atoms in total. The molecule has 0 radical (unpaired) electrons. The summed E-state index contributed by atoms with van der Waals surface area (Å²) in [6, 6.07) is 0. The van der Waals surface area contributed by atoms with E-state index in [2.05, 4.69) is 0 Å². The molecule has 0 saturated carbocycles. The Labute approximate surface area is 24.9 Å². The van der Waals surface area contributed by atoms with Gasteiger partial charge in [0, 0.05) is 0 Å². The Bertz CT molecular complexity index is 10.8. The smallest absolute Gasteiger partial charge is 0.324 e. The lowest BCUT2D eigenvalue weighted by Crippen LogP contribution is -1.03. The van der Waals surface area contributed by atoms with Gasteiger partial charge < -0.3 is 10.4 Å². The molecule has 0 aliphatic carbocycles. The second kappa shape index (κ2) is 11.8. The first-order valence-corrected chi connectivity index (χ1v) is 1.15. The summed E-state index contributed by atoms with van der Waals surface area (Å²) in [5.74, 6) is 0. The van der Waals surface area contributed by atoms with Gasteiger partial charge in [0.05, 0.1) is 0 Å². The minimum Gasteiger partial charge on any atom is -0.412 e. The third-order valence-corrected chi connectivity index (χ3v) is 0. The third kappa shape index (κ3) is 5250. The van der Waals surface area contributed by atoms with Crippen molar-refractivity contribution in [2.45, 2.75) is 0 Å². The fraction of sp³-hybridized carbons (Fsp3) is 0. The summed E-state index contributed by atoms with van der Waals surface area (Å²) in [5, 5.41) is 0. The molecule has 26 valence electrons. The zero-order valence-electron chi connectivity index (χ0n) is 1.80. The van der Waals surface area contributed by atoms with Crippen molar-refractivity contribution in [1.29, 1.82) is 0 Å². The van der Waals surface area contributed by atoms with Crippen molar-refractivity contribution in [2.24, 2.45) is 0 Å². The van der Waals surface area contributed by atoms with E-state index in [1.807, 2.05) is 0 Å². The van der Waals surface area contributed by atoms with Crippen LogP contribution in [0, 0.1) is 0 Å². The molecular weight excluding hydrogens is 79.0 g/mol. The average molecular weight is 82.0 g/mol. The standard InChI is InChI=1S/HO2P.H2O/c1-3-2;/h(H,1,2);1H2. The van der Waals surface area contributed by atoms with E-state index in [4.69, 9.17) is 9.46 Å². The first-order valence-electron chi connectivity index (χ1n) is 0.383. The van der Waals surface area contributed by atoms with Crippen LogP contribution in [0.15, 0.2) is 0 Å². The summed E-state index contributed by atoms with van der Waals surface area (Å²) < 4.78 is 8.46. The van der Waals surface area contributed by atoms with Crippen LogP contribution in [0.4, 0.5) is 0 Å². The first kappa shape index (κ1) is 8.99. The number of hydrogen-bond acceptors (Lipinski definition) is 1. The van der Waals surface area contributed by atoms with Crippen molar-refractivity contribution in [1.82, 2.24) is 0 Å². The van der Waals surface area contributed by atoms with Crippen molar-refractivity contribution >= 4 is 8.69 Å². The number of hydrogen-bond donors (Lipinski definition) is 1. The average Bonchev–Trinajstić information content (AvgIpc) is 0.918. The summed E-state index contributed by atoms with van der Waals surface area (Å²) in [6.45, 7) is 0. The number of rotatable bonds is 0. The van der Waals surface area contributed by atoms with E-state index in [-0.39, 0.29) is 5.48 Å². The van der Waals surface area contributed by atoms with E-state index in [1.165, 1.54) is 0 Å². The van der Waals surface area contributed by atoms with Crippen molar-refractivity contribution in [2.75, 3.05) is 0 Å². The van der Waals surface area contributed by atoms with E-state index < -0.39 is 8.69 Å². The highest BCUT2D eigenvalue weighted by molar-refractivity contribution is 7.16. The van der Waals surface area contributed by atoms with Crippen LogP contribution in [-0.4, -0.2) is 10.4 Å². The van der Waals surface area contributed by atoms with Crippen LogP contribution in [-0.2, 0) is 4.57 Å². The normalized spacial score (nSPS) is 5.25. The van der Waals surface area contributed by atoms with Crippen LogP contribution in [0.25, 0.3) is 0 Å². The Morgan fingerprint density at radius 1 is 1.75 bits per heavy atom. The Morgan fingerprint density at radius 3 is 1.75 bits per heavy atom. The van der Waals surface area contributed by atoms with Gasteiger partial charge >= 0.3 is 8.69 Å². The molecule has 4 heteroatoms. The van der Waals surface area contributed by atoms with Gasteiger partial charge in [-0.25, -0.2) is 4.57 Å². The van der Waals surface area contributed by atoms with E-state index in [0.717, 1.165) is 0 Å². The van der Waals surface area contributed by atoms with Gasteiger partial charge in [0.1, 0.15) is 0 Å². The van der Waals surface area contributed by atoms with Gasteiger partial charge in [-0.15, -0.1) is 0 Å². The van der Waals surface area contributed by atoms with Crippen LogP contribution in [0.1, 0.15) is 0 Å². The van der Waals surface area contributed by atoms with Crippen LogP contribution in [0.3, 0.4) is 0 Å². The summed E-state index contributed by atoms with van der Waals surface area (Å²) in [6.07, 6.45) is 0. The summed E-state index contributed by atoms with van der Waals surface area (Å²) in [5.41, 5.74) is 0. The topological polar surface area (TPSA) is 68.8 Å². The molecule has 0 spiro atoms. The van der Waals surface area contributed by atoms with Gasteiger partial charge in [0.25, 0.3) is 0 Å². The van der Waals surface area contributed by atoms with Crippen molar-refractivity contribution in [3.8, 4) is 0 Å². The summed E-state index contributed by atoms with van der Waals surface area (Å²) >= 11 is 0. The minimum absolute atomic E-state index is 0. The van der Waals surface area contributed by atoms with E-state index in [9.17, 15) is 0 Å². The van der Waals surface area contributed by atoms with E-state index in [0.29, 0.717) is 0 Å². The maximum atomic E-state index is 8.46. The summed E-state index contributed by atoms with van der Waals surface area (Å²) in [7, 11) is -0.833. The monoisotopic (exact) mass is 82.0 g/mol. The maximum absolute atomic E-state index is 8.46. The van der Waals surface area contributed by atoms with Gasteiger partial charge in [-0.1, -0.05) is 0 Å². The molecule has 0 heterocycles. The van der Waals surface area contributed by atoms with Crippen LogP contribution in [0.5, 0.6) is 0 Å². The minimum atomic E-state index is -0.833. The van der Waals surface area contributed by atoms with Crippen molar-refractivity contribution in [3.05, 3.63) is 0 Å². The van der Waals surface area contributed by atoms with Gasteiger partial charge in [-0.3, -0.25) is 0 Å². The molecular formula is H3O3P. The fourth-order valence-corrected chi connectivity index (χ4v) is 0. The molecule has 0 aromatic rings. The van der Waals surface area contributed by atoms with Gasteiger partial charge in [0.15, 0.2) is 0 Å². The lowest BCUT2D eigenvalue weighted by atomic mass is 15.9. The maximum Gasteiger partial charge on any atom is 0.324 e. The quantitative estimate of drug-likeness (QED) is 0.395. The van der Waals surface area contributed by atoms with E-state index in [1.54, 1.807) is 0 Å². The largest absolute Gasteiger partial charge is 0.412 e. The van der Waals surface area contributed by atoms with Crippen LogP contribution >= 0.6 is 8.69 Å². The molecule has 0 aliphatic heterocycles. The highest BCUT2D eigenvalue weighted by Crippen LogP contribution is 1.66. The summed E-state index contributed by atoms with van der Waals surface area (Å²) in [4.78, 5) is 6.99. The van der Waals surface area contributed by atoms with Crippen LogP contribution < -0.4 is 0 Å². The molecule has 0 rings (SSSR count). The second-order valence-corrected chi connectivity index (χ2v) is 0.245. The fourth-order valence-electron chi connectivity index (χ4n) is 0. The molecule has 0 aromatic heterocycles. The zero-order valence-corrected chi connectivity index (χ0v) is 2.70. The Hall–Kier alpha value is 0.0200. The SMILES string of the molecule is O.O=PO.